The van der Waals surface area contributed by atoms with Crippen molar-refractivity contribution >= 4 is 27.3 Å². The standard InChI is InChI=1S/C16H13ClN4O4S/c17-12-3-5-13(6-4-12)26(23,24)10-14-20-16(25-21-14)15(22)19-9-11-2-1-7-18-8-11/h1-8H,9-10H2,(H,19,22). The lowest BCUT2D eigenvalue weighted by atomic mass is 10.3. The van der Waals surface area contributed by atoms with Gasteiger partial charge < -0.3 is 9.84 Å². The average molecular weight is 393 g/mol. The summed E-state index contributed by atoms with van der Waals surface area (Å²) in [6.07, 6.45) is 3.23. The van der Waals surface area contributed by atoms with E-state index < -0.39 is 21.5 Å². The number of nitrogens with one attached hydrogen (secondary N) is 1. The number of halogens is 1. The van der Waals surface area contributed by atoms with Crippen molar-refractivity contribution in [2.75, 3.05) is 0 Å². The van der Waals surface area contributed by atoms with Gasteiger partial charge in [-0.2, -0.15) is 4.98 Å². The highest BCUT2D eigenvalue weighted by Gasteiger charge is 2.21. The van der Waals surface area contributed by atoms with Gasteiger partial charge in [0.2, 0.25) is 0 Å². The molecule has 0 spiro atoms. The van der Waals surface area contributed by atoms with Gasteiger partial charge in [0.25, 0.3) is 0 Å². The van der Waals surface area contributed by atoms with Crippen LogP contribution in [0.1, 0.15) is 22.1 Å². The van der Waals surface area contributed by atoms with Crippen LogP contribution in [-0.2, 0) is 22.1 Å². The second-order valence-electron chi connectivity index (χ2n) is 5.27. The SMILES string of the molecule is O=C(NCc1cccnc1)c1nc(CS(=O)(=O)c2ccc(Cl)cc2)no1. The molecular weight excluding hydrogens is 380 g/mol. The van der Waals surface area contributed by atoms with Crippen molar-refractivity contribution in [3.63, 3.8) is 0 Å². The summed E-state index contributed by atoms with van der Waals surface area (Å²) in [5.74, 6) is -1.51. The summed E-state index contributed by atoms with van der Waals surface area (Å²) in [7, 11) is -3.68. The molecule has 3 rings (SSSR count). The molecule has 0 aliphatic carbocycles. The number of carbonyl (C=O) groups excluding carboxylic acids is 1. The third-order valence-corrected chi connectivity index (χ3v) is 5.21. The number of hydrogen-bond donors (Lipinski definition) is 1. The molecule has 0 unspecified atom stereocenters. The van der Waals surface area contributed by atoms with E-state index in [-0.39, 0.29) is 23.2 Å². The Bertz CT molecular complexity index is 1000. The zero-order valence-electron chi connectivity index (χ0n) is 13.3. The Kier molecular flexibility index (Phi) is 5.29. The summed E-state index contributed by atoms with van der Waals surface area (Å²) in [6, 6.07) is 9.27. The Hall–Kier alpha value is -2.78. The van der Waals surface area contributed by atoms with E-state index in [1.165, 1.54) is 24.3 Å². The van der Waals surface area contributed by atoms with Crippen LogP contribution in [0, 0.1) is 0 Å². The van der Waals surface area contributed by atoms with Crippen LogP contribution in [0.2, 0.25) is 5.02 Å². The van der Waals surface area contributed by atoms with Crippen LogP contribution in [0.5, 0.6) is 0 Å². The van der Waals surface area contributed by atoms with Gasteiger partial charge in [0.05, 0.1) is 4.90 Å². The minimum atomic E-state index is -3.68. The van der Waals surface area contributed by atoms with Crippen LogP contribution in [0.15, 0.2) is 58.2 Å². The van der Waals surface area contributed by atoms with Crippen molar-refractivity contribution in [2.45, 2.75) is 17.2 Å². The molecule has 0 fully saturated rings. The molecule has 0 saturated carbocycles. The fourth-order valence-corrected chi connectivity index (χ4v) is 3.36. The Balaban J connectivity index is 1.65. The molecule has 1 N–H and O–H groups in total. The van der Waals surface area contributed by atoms with Crippen molar-refractivity contribution in [1.29, 1.82) is 0 Å². The number of sulfone groups is 1. The van der Waals surface area contributed by atoms with Gasteiger partial charge in [-0.15, -0.1) is 0 Å². The molecule has 0 radical (unpaired) electrons. The normalized spacial score (nSPS) is 11.3. The van der Waals surface area contributed by atoms with Crippen molar-refractivity contribution < 1.29 is 17.7 Å². The Morgan fingerprint density at radius 2 is 1.96 bits per heavy atom. The number of hydrogen-bond acceptors (Lipinski definition) is 7. The number of carbonyl (C=O) groups is 1. The summed E-state index contributed by atoms with van der Waals surface area (Å²) in [6.45, 7) is 0.230. The molecule has 26 heavy (non-hydrogen) atoms. The maximum atomic E-state index is 12.3. The van der Waals surface area contributed by atoms with Gasteiger partial charge in [0, 0.05) is 24.0 Å². The van der Waals surface area contributed by atoms with Gasteiger partial charge in [-0.05, 0) is 35.9 Å². The van der Waals surface area contributed by atoms with E-state index >= 15 is 0 Å². The molecule has 0 atom stereocenters. The first kappa shape index (κ1) is 18.0. The average Bonchev–Trinajstić information content (AvgIpc) is 3.09. The maximum Gasteiger partial charge on any atom is 0.315 e. The van der Waals surface area contributed by atoms with Gasteiger partial charge in [0.1, 0.15) is 5.75 Å². The predicted molar refractivity (Wildman–Crippen MR) is 92.0 cm³/mol. The molecule has 10 heteroatoms. The number of amides is 1. The molecule has 134 valence electrons. The molecule has 3 aromatic rings. The fourth-order valence-electron chi connectivity index (χ4n) is 2.06. The van der Waals surface area contributed by atoms with Crippen LogP contribution in [0.25, 0.3) is 0 Å². The lowest BCUT2D eigenvalue weighted by Gasteiger charge is -2.01. The van der Waals surface area contributed by atoms with Crippen molar-refractivity contribution in [3.05, 3.63) is 71.1 Å². The summed E-state index contributed by atoms with van der Waals surface area (Å²) in [5.41, 5.74) is 0.797. The van der Waals surface area contributed by atoms with Crippen molar-refractivity contribution in [1.82, 2.24) is 20.4 Å². The monoisotopic (exact) mass is 392 g/mol. The maximum absolute atomic E-state index is 12.3. The summed E-state index contributed by atoms with van der Waals surface area (Å²) >= 11 is 5.75. The van der Waals surface area contributed by atoms with E-state index in [9.17, 15) is 13.2 Å². The van der Waals surface area contributed by atoms with E-state index in [2.05, 4.69) is 20.4 Å². The highest BCUT2D eigenvalue weighted by Crippen LogP contribution is 2.18. The quantitative estimate of drug-likeness (QED) is 0.682. The number of benzene rings is 1. The van der Waals surface area contributed by atoms with E-state index in [1.54, 1.807) is 24.5 Å². The molecule has 2 heterocycles. The topological polar surface area (TPSA) is 115 Å². The number of nitrogens with zero attached hydrogens (tertiary/aromatic N) is 3. The first-order valence-electron chi connectivity index (χ1n) is 7.42. The summed E-state index contributed by atoms with van der Waals surface area (Å²) in [4.78, 5) is 19.9. The van der Waals surface area contributed by atoms with E-state index in [0.717, 1.165) is 5.56 Å². The lowest BCUT2D eigenvalue weighted by molar-refractivity contribution is 0.0907. The van der Waals surface area contributed by atoms with Crippen LogP contribution in [0.3, 0.4) is 0 Å². The summed E-state index contributed by atoms with van der Waals surface area (Å²) in [5, 5.41) is 6.57. The Morgan fingerprint density at radius 1 is 1.19 bits per heavy atom. The predicted octanol–water partition coefficient (Wildman–Crippen LogP) is 2.02. The summed E-state index contributed by atoms with van der Waals surface area (Å²) < 4.78 is 29.5. The van der Waals surface area contributed by atoms with Crippen LogP contribution in [-0.4, -0.2) is 29.4 Å². The first-order chi connectivity index (χ1) is 12.4. The highest BCUT2D eigenvalue weighted by molar-refractivity contribution is 7.90. The molecular formula is C16H13ClN4O4S. The highest BCUT2D eigenvalue weighted by atomic mass is 35.5. The van der Waals surface area contributed by atoms with Crippen molar-refractivity contribution in [3.8, 4) is 0 Å². The van der Waals surface area contributed by atoms with Gasteiger partial charge in [-0.1, -0.05) is 22.8 Å². The minimum Gasteiger partial charge on any atom is -0.344 e. The number of pyridine rings is 1. The largest absolute Gasteiger partial charge is 0.344 e. The van der Waals surface area contributed by atoms with Crippen LogP contribution in [0.4, 0.5) is 0 Å². The molecule has 0 aliphatic heterocycles. The van der Waals surface area contributed by atoms with Gasteiger partial charge in [0.15, 0.2) is 15.7 Å². The number of aromatic nitrogens is 3. The smallest absolute Gasteiger partial charge is 0.315 e. The van der Waals surface area contributed by atoms with Gasteiger partial charge >= 0.3 is 11.8 Å². The van der Waals surface area contributed by atoms with Crippen LogP contribution >= 0.6 is 11.6 Å². The van der Waals surface area contributed by atoms with E-state index in [4.69, 9.17) is 16.1 Å². The lowest BCUT2D eigenvalue weighted by Crippen LogP contribution is -2.23. The second-order valence-corrected chi connectivity index (χ2v) is 7.70. The molecule has 2 aromatic heterocycles. The second kappa shape index (κ2) is 7.63. The molecule has 8 nitrogen and oxygen atoms in total. The molecule has 1 amide bonds. The Labute approximate surface area is 154 Å². The third kappa shape index (κ3) is 4.44. The van der Waals surface area contributed by atoms with E-state index in [1.807, 2.05) is 0 Å². The van der Waals surface area contributed by atoms with E-state index in [0.29, 0.717) is 5.02 Å². The van der Waals surface area contributed by atoms with Gasteiger partial charge in [-0.25, -0.2) is 8.42 Å². The fraction of sp³-hybridized carbons (Fsp3) is 0.125. The number of rotatable bonds is 6. The van der Waals surface area contributed by atoms with Gasteiger partial charge in [-0.3, -0.25) is 9.78 Å². The molecule has 0 bridgehead atoms. The third-order valence-electron chi connectivity index (χ3n) is 3.33. The molecule has 1 aromatic carbocycles. The minimum absolute atomic E-state index is 0.0780. The van der Waals surface area contributed by atoms with Crippen molar-refractivity contribution in [2.24, 2.45) is 0 Å². The zero-order valence-corrected chi connectivity index (χ0v) is 14.9. The molecule has 0 aliphatic rings. The van der Waals surface area contributed by atoms with Crippen LogP contribution < -0.4 is 5.32 Å². The first-order valence-corrected chi connectivity index (χ1v) is 9.45. The molecule has 0 saturated heterocycles. The zero-order chi connectivity index (χ0) is 18.6. The Morgan fingerprint density at radius 3 is 2.65 bits per heavy atom.